The van der Waals surface area contributed by atoms with Gasteiger partial charge in [0, 0.05) is 0 Å². The predicted molar refractivity (Wildman–Crippen MR) is 49.9 cm³/mol. The van der Waals surface area contributed by atoms with Crippen molar-refractivity contribution < 1.29 is 14.3 Å². The third-order valence-corrected chi connectivity index (χ3v) is 1.46. The quantitative estimate of drug-likeness (QED) is 0.568. The molecule has 7 heteroatoms. The van der Waals surface area contributed by atoms with Crippen molar-refractivity contribution in [2.75, 3.05) is 6.61 Å². The summed E-state index contributed by atoms with van der Waals surface area (Å²) in [6.45, 7) is 1.81. The molecule has 0 spiro atoms. The van der Waals surface area contributed by atoms with Gasteiger partial charge in [0.15, 0.2) is 4.77 Å². The lowest BCUT2D eigenvalue weighted by molar-refractivity contribution is 0.103. The normalized spacial score (nSPS) is 9.50. The summed E-state index contributed by atoms with van der Waals surface area (Å²) in [7, 11) is 0. The standard InChI is InChI=1S/C7H8N2O4S/c1-2-12-7(11)13-4-3-8-6(14)9-5(4)10/h3H,2H2,1H3,(H2,8,9,10,14). The third kappa shape index (κ3) is 2.70. The molecule has 0 aliphatic heterocycles. The molecule has 0 aliphatic rings. The van der Waals surface area contributed by atoms with Crippen LogP contribution < -0.4 is 10.3 Å². The highest BCUT2D eigenvalue weighted by Gasteiger charge is 2.07. The molecule has 1 rings (SSSR count). The first-order chi connectivity index (χ1) is 6.63. The Kier molecular flexibility index (Phi) is 3.41. The van der Waals surface area contributed by atoms with E-state index in [1.165, 1.54) is 6.20 Å². The van der Waals surface area contributed by atoms with Crippen LogP contribution in [0.15, 0.2) is 11.0 Å². The highest BCUT2D eigenvalue weighted by atomic mass is 32.1. The van der Waals surface area contributed by atoms with Crippen LogP contribution in [0, 0.1) is 4.77 Å². The maximum Gasteiger partial charge on any atom is 0.514 e. The molecule has 0 unspecified atom stereocenters. The molecule has 14 heavy (non-hydrogen) atoms. The van der Waals surface area contributed by atoms with Gasteiger partial charge in [0.1, 0.15) is 0 Å². The summed E-state index contributed by atoms with van der Waals surface area (Å²) in [6.07, 6.45) is 0.265. The second-order valence-corrected chi connectivity index (χ2v) is 2.63. The number of rotatable bonds is 2. The second kappa shape index (κ2) is 4.56. The predicted octanol–water partition coefficient (Wildman–Crippen LogP) is 0.968. The van der Waals surface area contributed by atoms with Crippen LogP contribution in [0.5, 0.6) is 5.75 Å². The maximum absolute atomic E-state index is 11.1. The van der Waals surface area contributed by atoms with Crippen LogP contribution in [0.25, 0.3) is 0 Å². The highest BCUT2D eigenvalue weighted by Crippen LogP contribution is 1.99. The van der Waals surface area contributed by atoms with Gasteiger partial charge in [-0.2, -0.15) is 0 Å². The van der Waals surface area contributed by atoms with Gasteiger partial charge < -0.3 is 14.5 Å². The van der Waals surface area contributed by atoms with Gasteiger partial charge >= 0.3 is 6.16 Å². The fourth-order valence-corrected chi connectivity index (χ4v) is 0.862. The first-order valence-electron chi connectivity index (χ1n) is 3.80. The van der Waals surface area contributed by atoms with E-state index in [0.717, 1.165) is 0 Å². The minimum absolute atomic E-state index is 0.159. The molecule has 0 bridgehead atoms. The molecule has 0 saturated heterocycles. The lowest BCUT2D eigenvalue weighted by Crippen LogP contribution is -2.17. The first-order valence-corrected chi connectivity index (χ1v) is 4.21. The number of aromatic nitrogens is 2. The number of hydrogen-bond acceptors (Lipinski definition) is 5. The Morgan fingerprint density at radius 3 is 2.93 bits per heavy atom. The molecule has 0 saturated carbocycles. The Balaban J connectivity index is 2.82. The Morgan fingerprint density at radius 1 is 1.64 bits per heavy atom. The van der Waals surface area contributed by atoms with E-state index in [0.29, 0.717) is 0 Å². The van der Waals surface area contributed by atoms with E-state index < -0.39 is 11.7 Å². The number of ether oxygens (including phenoxy) is 2. The fourth-order valence-electron chi connectivity index (χ4n) is 0.710. The third-order valence-electron chi connectivity index (χ3n) is 1.24. The second-order valence-electron chi connectivity index (χ2n) is 2.22. The van der Waals surface area contributed by atoms with Crippen LogP contribution in [0.1, 0.15) is 6.92 Å². The minimum Gasteiger partial charge on any atom is -0.434 e. The van der Waals surface area contributed by atoms with Gasteiger partial charge in [-0.25, -0.2) is 4.79 Å². The molecular weight excluding hydrogens is 208 g/mol. The van der Waals surface area contributed by atoms with Crippen LogP contribution in [0.2, 0.25) is 0 Å². The fraction of sp³-hybridized carbons (Fsp3) is 0.286. The smallest absolute Gasteiger partial charge is 0.434 e. The van der Waals surface area contributed by atoms with Gasteiger partial charge in [-0.1, -0.05) is 0 Å². The van der Waals surface area contributed by atoms with E-state index in [1.54, 1.807) is 6.92 Å². The lowest BCUT2D eigenvalue weighted by atomic mass is 10.6. The molecule has 0 aromatic carbocycles. The van der Waals surface area contributed by atoms with Crippen LogP contribution in [0.3, 0.4) is 0 Å². The molecule has 2 N–H and O–H groups in total. The first kappa shape index (κ1) is 10.5. The van der Waals surface area contributed by atoms with Gasteiger partial charge in [0.25, 0.3) is 5.56 Å². The van der Waals surface area contributed by atoms with Crippen molar-refractivity contribution >= 4 is 18.4 Å². The molecule has 6 nitrogen and oxygen atoms in total. The van der Waals surface area contributed by atoms with Crippen molar-refractivity contribution in [2.24, 2.45) is 0 Å². The van der Waals surface area contributed by atoms with Crippen molar-refractivity contribution in [3.63, 3.8) is 0 Å². The molecule has 1 aromatic rings. The summed E-state index contributed by atoms with van der Waals surface area (Å²) < 4.78 is 9.19. The summed E-state index contributed by atoms with van der Waals surface area (Å²) in [5, 5.41) is 0. The molecular formula is C7H8N2O4S. The minimum atomic E-state index is -0.927. The zero-order chi connectivity index (χ0) is 10.6. The molecule has 0 amide bonds. The van der Waals surface area contributed by atoms with Crippen LogP contribution in [0.4, 0.5) is 4.79 Å². The SMILES string of the molecule is CCOC(=O)Oc1c[nH]c(=S)[nH]c1=O. The van der Waals surface area contributed by atoms with E-state index in [4.69, 9.17) is 0 Å². The summed E-state index contributed by atoms with van der Waals surface area (Å²) in [5.41, 5.74) is -0.582. The molecule has 0 atom stereocenters. The number of H-pyrrole nitrogens is 2. The van der Waals surface area contributed by atoms with E-state index >= 15 is 0 Å². The van der Waals surface area contributed by atoms with Crippen molar-refractivity contribution in [2.45, 2.75) is 6.92 Å². The van der Waals surface area contributed by atoms with Crippen LogP contribution in [-0.4, -0.2) is 22.7 Å². The van der Waals surface area contributed by atoms with E-state index in [9.17, 15) is 9.59 Å². The van der Waals surface area contributed by atoms with Crippen molar-refractivity contribution in [3.8, 4) is 5.75 Å². The zero-order valence-electron chi connectivity index (χ0n) is 7.33. The van der Waals surface area contributed by atoms with Gasteiger partial charge in [-0.15, -0.1) is 0 Å². The highest BCUT2D eigenvalue weighted by molar-refractivity contribution is 7.71. The number of aromatic amines is 2. The Morgan fingerprint density at radius 2 is 2.36 bits per heavy atom. The molecule has 0 fully saturated rings. The number of hydrogen-bond donors (Lipinski definition) is 2. The van der Waals surface area contributed by atoms with Crippen molar-refractivity contribution in [1.29, 1.82) is 0 Å². The number of carbonyl (C=O) groups excluding carboxylic acids is 1. The molecule has 76 valence electrons. The molecule has 1 heterocycles. The summed E-state index contributed by atoms with van der Waals surface area (Å²) in [5.74, 6) is -0.183. The largest absolute Gasteiger partial charge is 0.514 e. The topological polar surface area (TPSA) is 84.2 Å². The van der Waals surface area contributed by atoms with Gasteiger partial charge in [-0.05, 0) is 19.1 Å². The van der Waals surface area contributed by atoms with E-state index in [-0.39, 0.29) is 17.1 Å². The zero-order valence-corrected chi connectivity index (χ0v) is 8.14. The van der Waals surface area contributed by atoms with E-state index in [2.05, 4.69) is 31.7 Å². The van der Waals surface area contributed by atoms with Gasteiger partial charge in [-0.3, -0.25) is 9.78 Å². The van der Waals surface area contributed by atoms with Crippen molar-refractivity contribution in [1.82, 2.24) is 9.97 Å². The van der Waals surface area contributed by atoms with Gasteiger partial charge in [0.2, 0.25) is 5.75 Å². The van der Waals surface area contributed by atoms with Crippen molar-refractivity contribution in [3.05, 3.63) is 21.3 Å². The Hall–Kier alpha value is -1.63. The Bertz CT molecular complexity index is 436. The van der Waals surface area contributed by atoms with Crippen LogP contribution >= 0.6 is 12.2 Å². The molecule has 0 aliphatic carbocycles. The summed E-state index contributed by atoms with van der Waals surface area (Å²) in [4.78, 5) is 26.7. The number of carbonyl (C=O) groups is 1. The Labute approximate surface area is 83.9 Å². The molecule has 0 radical (unpaired) electrons. The summed E-state index contributed by atoms with van der Waals surface area (Å²) >= 11 is 4.64. The van der Waals surface area contributed by atoms with Gasteiger partial charge in [0.05, 0.1) is 12.8 Å². The average molecular weight is 216 g/mol. The van der Waals surface area contributed by atoms with E-state index in [1.807, 2.05) is 0 Å². The lowest BCUT2D eigenvalue weighted by Gasteiger charge is -2.01. The molecule has 1 aromatic heterocycles. The number of nitrogens with one attached hydrogen (secondary N) is 2. The summed E-state index contributed by atoms with van der Waals surface area (Å²) in [6, 6.07) is 0. The monoisotopic (exact) mass is 216 g/mol. The maximum atomic E-state index is 11.1. The van der Waals surface area contributed by atoms with Crippen LogP contribution in [-0.2, 0) is 4.74 Å². The average Bonchev–Trinajstić information content (AvgIpc) is 2.10.